The van der Waals surface area contributed by atoms with Gasteiger partial charge in [-0.15, -0.1) is 10.2 Å². The van der Waals surface area contributed by atoms with Crippen LogP contribution >= 0.6 is 0 Å². The standard InChI is InChI=1S/C13H19N5O2/c1-4-17(9-13(2,3)20)12(19)14-11-16-15-10-7-5-6-8-18(10)11/h5-8,20H,4,9H2,1-3H3,(H,14,16,19). The minimum absolute atomic E-state index is 0.242. The van der Waals surface area contributed by atoms with Gasteiger partial charge in [-0.25, -0.2) is 4.79 Å². The van der Waals surface area contributed by atoms with Crippen LogP contribution in [-0.4, -0.2) is 49.3 Å². The van der Waals surface area contributed by atoms with E-state index in [0.29, 0.717) is 18.1 Å². The van der Waals surface area contributed by atoms with E-state index >= 15 is 0 Å². The third-order valence-corrected chi connectivity index (χ3v) is 2.78. The molecule has 0 unspecified atom stereocenters. The highest BCUT2D eigenvalue weighted by molar-refractivity contribution is 5.87. The van der Waals surface area contributed by atoms with E-state index in [1.165, 1.54) is 4.90 Å². The van der Waals surface area contributed by atoms with Gasteiger partial charge in [0, 0.05) is 12.7 Å². The lowest BCUT2D eigenvalue weighted by Gasteiger charge is -2.27. The number of urea groups is 1. The molecule has 20 heavy (non-hydrogen) atoms. The van der Waals surface area contributed by atoms with Crippen LogP contribution in [0.2, 0.25) is 0 Å². The summed E-state index contributed by atoms with van der Waals surface area (Å²) in [5.74, 6) is 0.361. The smallest absolute Gasteiger partial charge is 0.324 e. The fraction of sp³-hybridized carbons (Fsp3) is 0.462. The maximum Gasteiger partial charge on any atom is 0.324 e. The molecule has 7 nitrogen and oxygen atoms in total. The SMILES string of the molecule is CCN(CC(C)(C)O)C(=O)Nc1nnc2ccccn12. The Kier molecular flexibility index (Phi) is 3.89. The van der Waals surface area contributed by atoms with Crippen molar-refractivity contribution in [2.24, 2.45) is 0 Å². The van der Waals surface area contributed by atoms with Crippen molar-refractivity contribution in [1.82, 2.24) is 19.5 Å². The van der Waals surface area contributed by atoms with E-state index < -0.39 is 5.60 Å². The van der Waals surface area contributed by atoms with Gasteiger partial charge in [-0.1, -0.05) is 6.07 Å². The highest BCUT2D eigenvalue weighted by Crippen LogP contribution is 2.10. The van der Waals surface area contributed by atoms with Crippen LogP contribution in [0.1, 0.15) is 20.8 Å². The number of rotatable bonds is 4. The monoisotopic (exact) mass is 277 g/mol. The van der Waals surface area contributed by atoms with Gasteiger partial charge in [-0.05, 0) is 32.9 Å². The first-order valence-corrected chi connectivity index (χ1v) is 6.49. The molecule has 7 heteroatoms. The number of aliphatic hydroxyl groups is 1. The van der Waals surface area contributed by atoms with Crippen molar-refractivity contribution in [3.05, 3.63) is 24.4 Å². The van der Waals surface area contributed by atoms with E-state index in [9.17, 15) is 9.90 Å². The van der Waals surface area contributed by atoms with Gasteiger partial charge in [0.05, 0.1) is 12.1 Å². The van der Waals surface area contributed by atoms with Crippen molar-refractivity contribution in [2.75, 3.05) is 18.4 Å². The van der Waals surface area contributed by atoms with Crippen molar-refractivity contribution in [3.8, 4) is 0 Å². The molecule has 0 saturated carbocycles. The summed E-state index contributed by atoms with van der Waals surface area (Å²) in [6, 6.07) is 5.17. The topological polar surface area (TPSA) is 82.8 Å². The average molecular weight is 277 g/mol. The number of carbonyl (C=O) groups excluding carboxylic acids is 1. The summed E-state index contributed by atoms with van der Waals surface area (Å²) in [4.78, 5) is 13.7. The first kappa shape index (κ1) is 14.3. The zero-order valence-corrected chi connectivity index (χ0v) is 11.9. The highest BCUT2D eigenvalue weighted by atomic mass is 16.3. The third-order valence-electron chi connectivity index (χ3n) is 2.78. The number of fused-ring (bicyclic) bond motifs is 1. The van der Waals surface area contributed by atoms with Crippen molar-refractivity contribution in [2.45, 2.75) is 26.4 Å². The van der Waals surface area contributed by atoms with Crippen LogP contribution in [0.15, 0.2) is 24.4 Å². The molecule has 2 rings (SSSR count). The summed E-state index contributed by atoms with van der Waals surface area (Å²) in [7, 11) is 0. The maximum absolute atomic E-state index is 12.2. The molecular weight excluding hydrogens is 258 g/mol. The van der Waals surface area contributed by atoms with Gasteiger partial charge in [0.2, 0.25) is 5.95 Å². The average Bonchev–Trinajstić information content (AvgIpc) is 2.78. The molecule has 0 aliphatic carbocycles. The van der Waals surface area contributed by atoms with Gasteiger partial charge in [-0.3, -0.25) is 9.72 Å². The summed E-state index contributed by atoms with van der Waals surface area (Å²) in [6.07, 6.45) is 1.78. The van der Waals surface area contributed by atoms with Crippen molar-refractivity contribution < 1.29 is 9.90 Å². The van der Waals surface area contributed by atoms with Gasteiger partial charge in [0.1, 0.15) is 0 Å². The van der Waals surface area contributed by atoms with E-state index in [0.717, 1.165) is 0 Å². The maximum atomic E-state index is 12.2. The van der Waals surface area contributed by atoms with Gasteiger partial charge in [-0.2, -0.15) is 0 Å². The molecule has 2 aromatic heterocycles. The highest BCUT2D eigenvalue weighted by Gasteiger charge is 2.22. The van der Waals surface area contributed by atoms with Crippen LogP contribution in [0.5, 0.6) is 0 Å². The predicted octanol–water partition coefficient (Wildman–Crippen LogP) is 1.35. The van der Waals surface area contributed by atoms with E-state index in [2.05, 4.69) is 15.5 Å². The second-order valence-corrected chi connectivity index (χ2v) is 5.21. The molecule has 2 heterocycles. The molecule has 0 radical (unpaired) electrons. The Balaban J connectivity index is 2.14. The van der Waals surface area contributed by atoms with Crippen molar-refractivity contribution in [3.63, 3.8) is 0 Å². The van der Waals surface area contributed by atoms with Gasteiger partial charge < -0.3 is 10.0 Å². The summed E-state index contributed by atoms with van der Waals surface area (Å²) in [6.45, 7) is 5.91. The summed E-state index contributed by atoms with van der Waals surface area (Å²) in [5.41, 5.74) is -0.284. The normalized spacial score (nSPS) is 11.6. The molecule has 108 valence electrons. The Bertz CT molecular complexity index is 602. The van der Waals surface area contributed by atoms with E-state index in [4.69, 9.17) is 0 Å². The second kappa shape index (κ2) is 5.46. The van der Waals surface area contributed by atoms with Crippen LogP contribution < -0.4 is 5.32 Å². The fourth-order valence-electron chi connectivity index (χ4n) is 1.90. The first-order chi connectivity index (χ1) is 9.40. The Morgan fingerprint density at radius 3 is 2.85 bits per heavy atom. The number of nitrogens with one attached hydrogen (secondary N) is 1. The molecule has 2 amide bonds. The lowest BCUT2D eigenvalue weighted by molar-refractivity contribution is 0.0501. The minimum Gasteiger partial charge on any atom is -0.389 e. The Hall–Kier alpha value is -2.15. The van der Waals surface area contributed by atoms with Crippen molar-refractivity contribution in [1.29, 1.82) is 0 Å². The number of anilines is 1. The number of pyridine rings is 1. The molecule has 0 atom stereocenters. The number of carbonyl (C=O) groups is 1. The minimum atomic E-state index is -0.944. The summed E-state index contributed by atoms with van der Waals surface area (Å²) in [5, 5.41) is 20.4. The van der Waals surface area contributed by atoms with E-state index in [-0.39, 0.29) is 12.6 Å². The van der Waals surface area contributed by atoms with E-state index in [1.54, 1.807) is 30.5 Å². The molecule has 0 aromatic carbocycles. The molecule has 0 aliphatic heterocycles. The van der Waals surface area contributed by atoms with Crippen LogP contribution in [0.3, 0.4) is 0 Å². The lowest BCUT2D eigenvalue weighted by atomic mass is 10.1. The second-order valence-electron chi connectivity index (χ2n) is 5.21. The zero-order chi connectivity index (χ0) is 14.8. The molecule has 0 fully saturated rings. The summed E-state index contributed by atoms with van der Waals surface area (Å²) < 4.78 is 1.69. The number of nitrogens with zero attached hydrogens (tertiary/aromatic N) is 4. The molecule has 0 spiro atoms. The largest absolute Gasteiger partial charge is 0.389 e. The number of likely N-dealkylation sites (N-methyl/N-ethyl adjacent to an activating group) is 1. The predicted molar refractivity (Wildman–Crippen MR) is 75.6 cm³/mol. The first-order valence-electron chi connectivity index (χ1n) is 6.49. The number of hydrogen-bond acceptors (Lipinski definition) is 4. The molecule has 2 aromatic rings. The molecular formula is C13H19N5O2. The van der Waals surface area contributed by atoms with E-state index in [1.807, 2.05) is 19.1 Å². The molecule has 0 saturated heterocycles. The number of amides is 2. The van der Waals surface area contributed by atoms with Gasteiger partial charge in [0.25, 0.3) is 0 Å². The Morgan fingerprint density at radius 2 is 2.20 bits per heavy atom. The lowest BCUT2D eigenvalue weighted by Crippen LogP contribution is -2.44. The van der Waals surface area contributed by atoms with Crippen LogP contribution in [0.4, 0.5) is 10.7 Å². The zero-order valence-electron chi connectivity index (χ0n) is 11.9. The van der Waals surface area contributed by atoms with Crippen LogP contribution in [-0.2, 0) is 0 Å². The number of aromatic nitrogens is 3. The quantitative estimate of drug-likeness (QED) is 0.883. The number of hydrogen-bond donors (Lipinski definition) is 2. The fourth-order valence-corrected chi connectivity index (χ4v) is 1.90. The molecule has 2 N–H and O–H groups in total. The Labute approximate surface area is 117 Å². The van der Waals surface area contributed by atoms with Crippen molar-refractivity contribution >= 4 is 17.6 Å². The Morgan fingerprint density at radius 1 is 1.45 bits per heavy atom. The van der Waals surface area contributed by atoms with Gasteiger partial charge in [0.15, 0.2) is 5.65 Å². The molecule has 0 bridgehead atoms. The molecule has 0 aliphatic rings. The van der Waals surface area contributed by atoms with Crippen LogP contribution in [0.25, 0.3) is 5.65 Å². The third kappa shape index (κ3) is 3.24. The van der Waals surface area contributed by atoms with Crippen LogP contribution in [0, 0.1) is 0 Å². The van der Waals surface area contributed by atoms with Gasteiger partial charge >= 0.3 is 6.03 Å². The summed E-state index contributed by atoms with van der Waals surface area (Å²) >= 11 is 0.